The number of hydrogen-bond donors (Lipinski definition) is 0. The second kappa shape index (κ2) is 9.27. The molecule has 1 aromatic heterocycles. The van der Waals surface area contributed by atoms with Gasteiger partial charge in [0.2, 0.25) is 15.9 Å². The normalized spacial score (nSPS) is 14.9. The quantitative estimate of drug-likeness (QED) is 0.558. The SMILES string of the molecule is CC(C)CN(CC(=O)N(Cc1cccn1C)C1CC1)S(=O)(=O)c1cccc(C(F)(F)F)c1. The maximum absolute atomic E-state index is 13.2. The van der Waals surface area contributed by atoms with Crippen molar-refractivity contribution < 1.29 is 26.4 Å². The summed E-state index contributed by atoms with van der Waals surface area (Å²) in [5, 5.41) is 0. The van der Waals surface area contributed by atoms with Gasteiger partial charge >= 0.3 is 6.18 Å². The monoisotopic (exact) mass is 471 g/mol. The average Bonchev–Trinajstić information content (AvgIpc) is 3.46. The molecule has 0 radical (unpaired) electrons. The molecule has 1 saturated carbocycles. The van der Waals surface area contributed by atoms with Gasteiger partial charge in [-0.2, -0.15) is 17.5 Å². The Morgan fingerprint density at radius 2 is 1.88 bits per heavy atom. The lowest BCUT2D eigenvalue weighted by Gasteiger charge is -2.28. The van der Waals surface area contributed by atoms with Crippen LogP contribution in [0.4, 0.5) is 13.2 Å². The zero-order valence-electron chi connectivity index (χ0n) is 18.3. The van der Waals surface area contributed by atoms with E-state index in [4.69, 9.17) is 0 Å². The van der Waals surface area contributed by atoms with Crippen LogP contribution in [0.25, 0.3) is 0 Å². The number of sulfonamides is 1. The molecule has 0 N–H and O–H groups in total. The zero-order chi connectivity index (χ0) is 23.7. The number of aryl methyl sites for hydroxylation is 1. The van der Waals surface area contributed by atoms with Crippen molar-refractivity contribution in [2.45, 2.75) is 50.3 Å². The predicted molar refractivity (Wildman–Crippen MR) is 114 cm³/mol. The van der Waals surface area contributed by atoms with Gasteiger partial charge in [0.15, 0.2) is 0 Å². The molecular weight excluding hydrogens is 443 g/mol. The highest BCUT2D eigenvalue weighted by molar-refractivity contribution is 7.89. The summed E-state index contributed by atoms with van der Waals surface area (Å²) in [7, 11) is -2.43. The van der Waals surface area contributed by atoms with Crippen LogP contribution in [0.2, 0.25) is 0 Å². The minimum absolute atomic E-state index is 0.0208. The number of aromatic nitrogens is 1. The average molecular weight is 472 g/mol. The first-order valence-electron chi connectivity index (χ1n) is 10.5. The Kier molecular flexibility index (Phi) is 7.04. The number of hydrogen-bond acceptors (Lipinski definition) is 3. The molecule has 0 unspecified atom stereocenters. The Balaban J connectivity index is 1.87. The summed E-state index contributed by atoms with van der Waals surface area (Å²) in [6.07, 6.45) is -1.10. The standard InChI is InChI=1S/C22H28F3N3O3S/c1-16(2)13-27(32(30,31)20-8-4-6-17(12-20)22(23,24)25)15-21(29)28(18-9-10-18)14-19-7-5-11-26(19)3/h4-8,11-12,16,18H,9-10,13-15H2,1-3H3. The summed E-state index contributed by atoms with van der Waals surface area (Å²) >= 11 is 0. The fourth-order valence-corrected chi connectivity index (χ4v) is 5.12. The molecule has 0 bridgehead atoms. The van der Waals surface area contributed by atoms with E-state index < -0.39 is 33.2 Å². The van der Waals surface area contributed by atoms with Crippen molar-refractivity contribution in [1.82, 2.24) is 13.8 Å². The van der Waals surface area contributed by atoms with E-state index in [9.17, 15) is 26.4 Å². The topological polar surface area (TPSA) is 62.6 Å². The van der Waals surface area contributed by atoms with Crippen molar-refractivity contribution >= 4 is 15.9 Å². The van der Waals surface area contributed by atoms with Crippen LogP contribution >= 0.6 is 0 Å². The van der Waals surface area contributed by atoms with Gasteiger partial charge in [-0.05, 0) is 49.1 Å². The Morgan fingerprint density at radius 1 is 1.19 bits per heavy atom. The van der Waals surface area contributed by atoms with Crippen LogP contribution < -0.4 is 0 Å². The van der Waals surface area contributed by atoms with Crippen molar-refractivity contribution in [2.24, 2.45) is 13.0 Å². The van der Waals surface area contributed by atoms with E-state index in [0.717, 1.165) is 41.0 Å². The van der Waals surface area contributed by atoms with Crippen molar-refractivity contribution in [3.63, 3.8) is 0 Å². The van der Waals surface area contributed by atoms with Gasteiger partial charge < -0.3 is 9.47 Å². The largest absolute Gasteiger partial charge is 0.416 e. The van der Waals surface area contributed by atoms with Crippen LogP contribution in [0.15, 0.2) is 47.5 Å². The number of carbonyl (C=O) groups excluding carboxylic acids is 1. The summed E-state index contributed by atoms with van der Waals surface area (Å²) in [6.45, 7) is 3.54. The Hall–Kier alpha value is -2.33. The zero-order valence-corrected chi connectivity index (χ0v) is 19.2. The molecule has 1 heterocycles. The molecule has 1 amide bonds. The number of benzene rings is 1. The summed E-state index contributed by atoms with van der Waals surface area (Å²) in [5.74, 6) is -0.476. The Bertz CT molecular complexity index is 1060. The highest BCUT2D eigenvalue weighted by Crippen LogP contribution is 2.32. The van der Waals surface area contributed by atoms with E-state index in [1.807, 2.05) is 29.9 Å². The third kappa shape index (κ3) is 5.72. The lowest BCUT2D eigenvalue weighted by atomic mass is 10.2. The highest BCUT2D eigenvalue weighted by Gasteiger charge is 2.37. The van der Waals surface area contributed by atoms with Gasteiger partial charge in [-0.25, -0.2) is 8.42 Å². The summed E-state index contributed by atoms with van der Waals surface area (Å²) in [4.78, 5) is 14.4. The molecule has 0 spiro atoms. The first-order valence-corrected chi connectivity index (χ1v) is 11.9. The fraction of sp³-hybridized carbons (Fsp3) is 0.500. The summed E-state index contributed by atoms with van der Waals surface area (Å²) in [6, 6.07) is 7.46. The van der Waals surface area contributed by atoms with Crippen molar-refractivity contribution in [1.29, 1.82) is 0 Å². The van der Waals surface area contributed by atoms with E-state index in [2.05, 4.69) is 0 Å². The third-order valence-electron chi connectivity index (χ3n) is 5.37. The molecule has 0 atom stereocenters. The van der Waals surface area contributed by atoms with Crippen molar-refractivity contribution in [2.75, 3.05) is 13.1 Å². The van der Waals surface area contributed by atoms with Gasteiger partial charge in [-0.1, -0.05) is 19.9 Å². The molecule has 1 aliphatic rings. The van der Waals surface area contributed by atoms with Crippen LogP contribution in [0, 0.1) is 5.92 Å². The predicted octanol–water partition coefficient (Wildman–Crippen LogP) is 3.88. The number of rotatable bonds is 9. The highest BCUT2D eigenvalue weighted by atomic mass is 32.2. The van der Waals surface area contributed by atoms with E-state index in [-0.39, 0.29) is 24.4 Å². The van der Waals surface area contributed by atoms with Gasteiger partial charge in [0.05, 0.1) is 23.5 Å². The molecule has 10 heteroatoms. The van der Waals surface area contributed by atoms with Gasteiger partial charge in [0, 0.05) is 31.5 Å². The Morgan fingerprint density at radius 3 is 2.41 bits per heavy atom. The van der Waals surface area contributed by atoms with Crippen molar-refractivity contribution in [3.8, 4) is 0 Å². The van der Waals surface area contributed by atoms with Crippen LogP contribution in [0.1, 0.15) is 37.9 Å². The molecule has 1 aliphatic carbocycles. The van der Waals surface area contributed by atoms with E-state index >= 15 is 0 Å². The van der Waals surface area contributed by atoms with Gasteiger partial charge in [-0.15, -0.1) is 0 Å². The maximum Gasteiger partial charge on any atom is 0.416 e. The number of carbonyl (C=O) groups is 1. The number of halogens is 3. The lowest BCUT2D eigenvalue weighted by Crippen LogP contribution is -2.45. The number of amides is 1. The van der Waals surface area contributed by atoms with Gasteiger partial charge in [0.25, 0.3) is 0 Å². The first-order chi connectivity index (χ1) is 14.9. The smallest absolute Gasteiger partial charge is 0.353 e. The number of alkyl halides is 3. The molecule has 6 nitrogen and oxygen atoms in total. The number of nitrogens with zero attached hydrogens (tertiary/aromatic N) is 3. The van der Waals surface area contributed by atoms with Crippen molar-refractivity contribution in [3.05, 3.63) is 53.9 Å². The second-order valence-corrected chi connectivity index (χ2v) is 10.5. The minimum atomic E-state index is -4.66. The summed E-state index contributed by atoms with van der Waals surface area (Å²) < 4.78 is 68.7. The third-order valence-corrected chi connectivity index (χ3v) is 7.18. The molecule has 32 heavy (non-hydrogen) atoms. The van der Waals surface area contributed by atoms with E-state index in [1.54, 1.807) is 18.7 Å². The molecular formula is C22H28F3N3O3S. The second-order valence-electron chi connectivity index (χ2n) is 8.58. The van der Waals surface area contributed by atoms with E-state index in [1.165, 1.54) is 0 Å². The van der Waals surface area contributed by atoms with Crippen LogP contribution in [-0.4, -0.2) is 47.2 Å². The molecule has 3 rings (SSSR count). The van der Waals surface area contributed by atoms with Gasteiger partial charge in [-0.3, -0.25) is 4.79 Å². The van der Waals surface area contributed by atoms with Gasteiger partial charge in [0.1, 0.15) is 0 Å². The molecule has 2 aromatic rings. The molecule has 1 aromatic carbocycles. The molecule has 0 saturated heterocycles. The lowest BCUT2D eigenvalue weighted by molar-refractivity contribution is -0.137. The van der Waals surface area contributed by atoms with E-state index in [0.29, 0.717) is 12.6 Å². The Labute approximate surface area is 186 Å². The first kappa shape index (κ1) is 24.3. The van der Waals surface area contributed by atoms with Crippen LogP contribution in [0.3, 0.4) is 0 Å². The van der Waals surface area contributed by atoms with Crippen LogP contribution in [0.5, 0.6) is 0 Å². The summed E-state index contributed by atoms with van der Waals surface area (Å²) in [5.41, 5.74) is -0.126. The molecule has 1 fully saturated rings. The maximum atomic E-state index is 13.2. The fourth-order valence-electron chi connectivity index (χ4n) is 3.52. The molecule has 176 valence electrons. The molecule has 0 aliphatic heterocycles. The minimum Gasteiger partial charge on any atom is -0.353 e. The van der Waals surface area contributed by atoms with Crippen LogP contribution in [-0.2, 0) is 34.6 Å².